The van der Waals surface area contributed by atoms with Crippen molar-refractivity contribution < 1.29 is 9.72 Å². The van der Waals surface area contributed by atoms with Crippen molar-refractivity contribution in [3.05, 3.63) is 67.2 Å². The second-order valence-electron chi connectivity index (χ2n) is 4.79. The van der Waals surface area contributed by atoms with Gasteiger partial charge in [-0.1, -0.05) is 29.3 Å². The summed E-state index contributed by atoms with van der Waals surface area (Å²) < 4.78 is 0. The number of hydrogen-bond donors (Lipinski definition) is 1. The summed E-state index contributed by atoms with van der Waals surface area (Å²) in [5.74, 6) is -0.366. The number of anilines is 1. The highest BCUT2D eigenvalue weighted by Crippen LogP contribution is 2.30. The van der Waals surface area contributed by atoms with Crippen molar-refractivity contribution in [3.63, 3.8) is 0 Å². The van der Waals surface area contributed by atoms with Gasteiger partial charge in [-0.3, -0.25) is 14.9 Å². The monoisotopic (exact) mass is 338 g/mol. The third-order valence-electron chi connectivity index (χ3n) is 3.17. The molecule has 0 radical (unpaired) electrons. The minimum absolute atomic E-state index is 0.0344. The van der Waals surface area contributed by atoms with Gasteiger partial charge in [0.15, 0.2) is 0 Å². The van der Waals surface area contributed by atoms with Gasteiger partial charge >= 0.3 is 0 Å². The minimum Gasteiger partial charge on any atom is -0.322 e. The molecule has 0 unspecified atom stereocenters. The summed E-state index contributed by atoms with van der Waals surface area (Å²) in [5, 5.41) is 14.0. The Morgan fingerprint density at radius 1 is 1.09 bits per heavy atom. The first-order valence-corrected chi connectivity index (χ1v) is 7.07. The largest absolute Gasteiger partial charge is 0.322 e. The Morgan fingerprint density at radius 2 is 1.77 bits per heavy atom. The van der Waals surface area contributed by atoms with Crippen molar-refractivity contribution in [2.45, 2.75) is 13.8 Å². The Kier molecular flexibility index (Phi) is 4.68. The van der Waals surface area contributed by atoms with E-state index in [0.29, 0.717) is 21.8 Å². The Labute approximate surface area is 137 Å². The third-order valence-corrected chi connectivity index (χ3v) is 3.88. The van der Waals surface area contributed by atoms with Crippen LogP contribution in [0.4, 0.5) is 11.4 Å². The number of nitro benzene ring substituents is 1. The van der Waals surface area contributed by atoms with E-state index in [1.165, 1.54) is 12.1 Å². The lowest BCUT2D eigenvalue weighted by molar-refractivity contribution is -0.384. The standard InChI is InChI=1S/C15H12Cl2N2O3/c1-8-3-4-10(6-11(8)16)15(20)18-13-7-12(17)14(19(21)22)5-9(13)2/h3-7H,1-2H3,(H,18,20). The maximum Gasteiger partial charge on any atom is 0.288 e. The van der Waals surface area contributed by atoms with Crippen LogP contribution in [0, 0.1) is 24.0 Å². The SMILES string of the molecule is Cc1ccc(C(=O)Nc2cc(Cl)c([N+](=O)[O-])cc2C)cc1Cl. The van der Waals surface area contributed by atoms with E-state index in [1.54, 1.807) is 25.1 Å². The number of nitrogens with one attached hydrogen (secondary N) is 1. The van der Waals surface area contributed by atoms with Gasteiger partial charge < -0.3 is 5.32 Å². The number of carbonyl (C=O) groups is 1. The summed E-state index contributed by atoms with van der Waals surface area (Å²) in [6.45, 7) is 3.49. The molecule has 0 aliphatic heterocycles. The highest BCUT2D eigenvalue weighted by molar-refractivity contribution is 6.33. The molecule has 0 saturated heterocycles. The van der Waals surface area contributed by atoms with E-state index in [1.807, 2.05) is 6.92 Å². The molecule has 0 aliphatic rings. The topological polar surface area (TPSA) is 72.2 Å². The molecule has 0 aromatic heterocycles. The van der Waals surface area contributed by atoms with Crippen LogP contribution in [0.2, 0.25) is 10.0 Å². The predicted octanol–water partition coefficient (Wildman–Crippen LogP) is 4.77. The van der Waals surface area contributed by atoms with Gasteiger partial charge in [0.1, 0.15) is 5.02 Å². The lowest BCUT2D eigenvalue weighted by Gasteiger charge is -2.10. The van der Waals surface area contributed by atoms with E-state index in [-0.39, 0.29) is 16.6 Å². The zero-order valence-corrected chi connectivity index (χ0v) is 13.3. The quantitative estimate of drug-likeness (QED) is 0.647. The molecule has 2 aromatic carbocycles. The summed E-state index contributed by atoms with van der Waals surface area (Å²) in [7, 11) is 0. The van der Waals surface area contributed by atoms with Crippen molar-refractivity contribution in [2.24, 2.45) is 0 Å². The smallest absolute Gasteiger partial charge is 0.288 e. The van der Waals surface area contributed by atoms with Gasteiger partial charge in [0.05, 0.1) is 4.92 Å². The van der Waals surface area contributed by atoms with Gasteiger partial charge in [-0.2, -0.15) is 0 Å². The number of rotatable bonds is 3. The third kappa shape index (κ3) is 3.37. The Bertz CT molecular complexity index is 776. The molecule has 7 heteroatoms. The summed E-state index contributed by atoms with van der Waals surface area (Å²) in [4.78, 5) is 22.5. The number of halogens is 2. The fourth-order valence-corrected chi connectivity index (χ4v) is 2.28. The number of nitrogens with zero attached hydrogens (tertiary/aromatic N) is 1. The molecule has 22 heavy (non-hydrogen) atoms. The number of carbonyl (C=O) groups excluding carboxylic acids is 1. The van der Waals surface area contributed by atoms with Crippen molar-refractivity contribution in [1.29, 1.82) is 0 Å². The van der Waals surface area contributed by atoms with E-state index in [2.05, 4.69) is 5.32 Å². The number of benzene rings is 2. The summed E-state index contributed by atoms with van der Waals surface area (Å²) in [6, 6.07) is 7.64. The van der Waals surface area contributed by atoms with Gasteiger partial charge in [-0.25, -0.2) is 0 Å². The van der Waals surface area contributed by atoms with Gasteiger partial charge in [-0.05, 0) is 43.2 Å². The lowest BCUT2D eigenvalue weighted by atomic mass is 10.1. The van der Waals surface area contributed by atoms with Crippen molar-refractivity contribution >= 4 is 40.5 Å². The second kappa shape index (κ2) is 6.34. The molecule has 0 heterocycles. The molecule has 5 nitrogen and oxygen atoms in total. The lowest BCUT2D eigenvalue weighted by Crippen LogP contribution is -2.13. The highest BCUT2D eigenvalue weighted by Gasteiger charge is 2.17. The molecule has 0 atom stereocenters. The number of amides is 1. The minimum atomic E-state index is -0.569. The zero-order valence-electron chi connectivity index (χ0n) is 11.8. The average Bonchev–Trinajstić information content (AvgIpc) is 2.45. The fraction of sp³-hybridized carbons (Fsp3) is 0.133. The maximum absolute atomic E-state index is 12.2. The highest BCUT2D eigenvalue weighted by atomic mass is 35.5. The molecule has 0 bridgehead atoms. The van der Waals surface area contributed by atoms with Crippen LogP contribution in [-0.4, -0.2) is 10.8 Å². The van der Waals surface area contributed by atoms with Crippen LogP contribution in [0.5, 0.6) is 0 Å². The molecule has 2 aromatic rings. The van der Waals surface area contributed by atoms with E-state index >= 15 is 0 Å². The van der Waals surface area contributed by atoms with Crippen LogP contribution in [0.15, 0.2) is 30.3 Å². The molecular formula is C15H12Cl2N2O3. The normalized spacial score (nSPS) is 10.4. The first-order valence-electron chi connectivity index (χ1n) is 6.31. The van der Waals surface area contributed by atoms with Crippen molar-refractivity contribution in [1.82, 2.24) is 0 Å². The van der Waals surface area contributed by atoms with E-state index < -0.39 is 4.92 Å². The molecule has 0 spiro atoms. The van der Waals surface area contributed by atoms with Crippen LogP contribution in [0.1, 0.15) is 21.5 Å². The molecule has 114 valence electrons. The predicted molar refractivity (Wildman–Crippen MR) is 87.0 cm³/mol. The number of hydrogen-bond acceptors (Lipinski definition) is 3. The zero-order chi connectivity index (χ0) is 16.4. The molecule has 1 amide bonds. The number of nitro groups is 1. The molecule has 0 saturated carbocycles. The fourth-order valence-electron chi connectivity index (χ4n) is 1.87. The maximum atomic E-state index is 12.2. The Hall–Kier alpha value is -2.11. The van der Waals surface area contributed by atoms with Crippen LogP contribution in [0.3, 0.4) is 0 Å². The van der Waals surface area contributed by atoms with Gasteiger partial charge in [0.2, 0.25) is 0 Å². The van der Waals surface area contributed by atoms with Crippen LogP contribution < -0.4 is 5.32 Å². The molecule has 0 aliphatic carbocycles. The van der Waals surface area contributed by atoms with Gasteiger partial charge in [0.25, 0.3) is 11.6 Å². The number of aryl methyl sites for hydroxylation is 2. The van der Waals surface area contributed by atoms with E-state index in [4.69, 9.17) is 23.2 Å². The Morgan fingerprint density at radius 3 is 2.36 bits per heavy atom. The summed E-state index contributed by atoms with van der Waals surface area (Å²) in [5.41, 5.74) is 2.02. The first kappa shape index (κ1) is 16.3. The van der Waals surface area contributed by atoms with E-state index in [0.717, 1.165) is 5.56 Å². The van der Waals surface area contributed by atoms with Crippen LogP contribution in [-0.2, 0) is 0 Å². The van der Waals surface area contributed by atoms with Crippen LogP contribution in [0.25, 0.3) is 0 Å². The summed E-state index contributed by atoms with van der Waals surface area (Å²) >= 11 is 11.9. The Balaban J connectivity index is 2.30. The second-order valence-corrected chi connectivity index (χ2v) is 5.61. The average molecular weight is 339 g/mol. The van der Waals surface area contributed by atoms with Crippen molar-refractivity contribution in [3.8, 4) is 0 Å². The van der Waals surface area contributed by atoms with Gasteiger partial charge in [0, 0.05) is 22.3 Å². The molecular weight excluding hydrogens is 327 g/mol. The van der Waals surface area contributed by atoms with Crippen molar-refractivity contribution in [2.75, 3.05) is 5.32 Å². The molecule has 2 rings (SSSR count). The first-order chi connectivity index (χ1) is 10.3. The summed E-state index contributed by atoms with van der Waals surface area (Å²) in [6.07, 6.45) is 0. The van der Waals surface area contributed by atoms with Gasteiger partial charge in [-0.15, -0.1) is 0 Å². The molecule has 1 N–H and O–H groups in total. The van der Waals surface area contributed by atoms with E-state index in [9.17, 15) is 14.9 Å². The molecule has 0 fully saturated rings. The van der Waals surface area contributed by atoms with Crippen LogP contribution >= 0.6 is 23.2 Å².